The van der Waals surface area contributed by atoms with Gasteiger partial charge in [0.25, 0.3) is 5.91 Å². The molecule has 0 aliphatic heterocycles. The van der Waals surface area contributed by atoms with Crippen molar-refractivity contribution in [2.75, 3.05) is 5.32 Å². The van der Waals surface area contributed by atoms with Crippen molar-refractivity contribution in [3.8, 4) is 0 Å². The van der Waals surface area contributed by atoms with Crippen LogP contribution in [0.25, 0.3) is 0 Å². The molecule has 0 spiro atoms. The molecule has 2 rings (SSSR count). The number of pyridine rings is 1. The zero-order valence-electron chi connectivity index (χ0n) is 13.5. The molecule has 23 heavy (non-hydrogen) atoms. The zero-order chi connectivity index (χ0) is 16.8. The van der Waals surface area contributed by atoms with Gasteiger partial charge in [-0.2, -0.15) is 0 Å². The molecule has 0 bridgehead atoms. The van der Waals surface area contributed by atoms with Crippen LogP contribution in [-0.2, 0) is 4.79 Å². The Bertz CT molecular complexity index is 666. The Kier molecular flexibility index (Phi) is 5.46. The minimum Gasteiger partial charge on any atom is -0.349 e. The van der Waals surface area contributed by atoms with E-state index in [9.17, 15) is 9.59 Å². The summed E-state index contributed by atoms with van der Waals surface area (Å²) in [5.74, 6) is -0.203. The van der Waals surface area contributed by atoms with Crippen LogP contribution in [0, 0.1) is 5.92 Å². The highest BCUT2D eigenvalue weighted by Gasteiger charge is 2.12. The Morgan fingerprint density at radius 1 is 0.957 bits per heavy atom. The fourth-order valence-corrected chi connectivity index (χ4v) is 2.03. The lowest BCUT2D eigenvalue weighted by atomic mass is 10.1. The number of anilines is 1. The van der Waals surface area contributed by atoms with Crippen molar-refractivity contribution in [1.82, 2.24) is 10.3 Å². The smallest absolute Gasteiger partial charge is 0.255 e. The molecule has 5 heteroatoms. The highest BCUT2D eigenvalue weighted by Crippen LogP contribution is 2.17. The molecule has 5 nitrogen and oxygen atoms in total. The molecule has 1 atom stereocenters. The van der Waals surface area contributed by atoms with Crippen LogP contribution < -0.4 is 10.6 Å². The molecule has 2 N–H and O–H groups in total. The van der Waals surface area contributed by atoms with Gasteiger partial charge in [0.1, 0.15) is 0 Å². The second kappa shape index (κ2) is 7.54. The summed E-state index contributed by atoms with van der Waals surface area (Å²) in [7, 11) is 0. The number of hydrogen-bond acceptors (Lipinski definition) is 3. The fraction of sp³-hybridized carbons (Fsp3) is 0.278. The van der Waals surface area contributed by atoms with Crippen molar-refractivity contribution in [2.24, 2.45) is 5.92 Å². The van der Waals surface area contributed by atoms with Crippen molar-refractivity contribution in [3.05, 3.63) is 59.9 Å². The van der Waals surface area contributed by atoms with Gasteiger partial charge in [-0.1, -0.05) is 26.0 Å². The third kappa shape index (κ3) is 4.64. The van der Waals surface area contributed by atoms with Gasteiger partial charge in [0.05, 0.1) is 6.04 Å². The second-order valence-corrected chi connectivity index (χ2v) is 5.70. The number of carbonyl (C=O) groups is 2. The highest BCUT2D eigenvalue weighted by molar-refractivity contribution is 6.04. The van der Waals surface area contributed by atoms with Crippen LogP contribution in [0.4, 0.5) is 5.69 Å². The van der Waals surface area contributed by atoms with E-state index in [-0.39, 0.29) is 23.8 Å². The lowest BCUT2D eigenvalue weighted by Gasteiger charge is -2.16. The van der Waals surface area contributed by atoms with Crippen LogP contribution in [-0.4, -0.2) is 16.8 Å². The Morgan fingerprint density at radius 3 is 2.13 bits per heavy atom. The number of amides is 2. The molecular formula is C18H21N3O2. The first-order valence-corrected chi connectivity index (χ1v) is 7.59. The molecule has 0 aliphatic rings. The van der Waals surface area contributed by atoms with Crippen LogP contribution in [0.5, 0.6) is 0 Å². The van der Waals surface area contributed by atoms with Crippen molar-refractivity contribution in [1.29, 1.82) is 0 Å². The maximum atomic E-state index is 12.1. The predicted molar refractivity (Wildman–Crippen MR) is 90.0 cm³/mol. The summed E-state index contributed by atoms with van der Waals surface area (Å²) in [6, 6.07) is 10.7. The summed E-state index contributed by atoms with van der Waals surface area (Å²) >= 11 is 0. The molecule has 2 amide bonds. The van der Waals surface area contributed by atoms with E-state index in [2.05, 4.69) is 15.6 Å². The van der Waals surface area contributed by atoms with Gasteiger partial charge in [-0.3, -0.25) is 14.6 Å². The number of nitrogens with one attached hydrogen (secondary N) is 2. The highest BCUT2D eigenvalue weighted by atomic mass is 16.2. The van der Waals surface area contributed by atoms with Crippen molar-refractivity contribution < 1.29 is 9.59 Å². The molecule has 0 radical (unpaired) electrons. The maximum Gasteiger partial charge on any atom is 0.255 e. The Hall–Kier alpha value is -2.69. The SMILES string of the molecule is CC(C)C(=O)NC(C)c1ccc(NC(=O)c2ccncc2)cc1. The molecule has 0 aliphatic carbocycles. The summed E-state index contributed by atoms with van der Waals surface area (Å²) in [6.07, 6.45) is 3.16. The third-order valence-electron chi connectivity index (χ3n) is 3.49. The topological polar surface area (TPSA) is 71.1 Å². The van der Waals surface area contributed by atoms with Gasteiger partial charge >= 0.3 is 0 Å². The normalized spacial score (nSPS) is 11.8. The number of aromatic nitrogens is 1. The van der Waals surface area contributed by atoms with Gasteiger partial charge in [0.2, 0.25) is 5.91 Å². The van der Waals surface area contributed by atoms with E-state index in [1.54, 1.807) is 24.5 Å². The van der Waals surface area contributed by atoms with Crippen LogP contribution in [0.2, 0.25) is 0 Å². The van der Waals surface area contributed by atoms with Crippen molar-refractivity contribution >= 4 is 17.5 Å². The summed E-state index contributed by atoms with van der Waals surface area (Å²) in [4.78, 5) is 27.7. The quantitative estimate of drug-likeness (QED) is 0.891. The molecule has 0 saturated carbocycles. The minimum atomic E-state index is -0.179. The Balaban J connectivity index is 1.99. The van der Waals surface area contributed by atoms with Crippen LogP contribution in [0.15, 0.2) is 48.8 Å². The lowest BCUT2D eigenvalue weighted by molar-refractivity contribution is -0.124. The predicted octanol–water partition coefficient (Wildman–Crippen LogP) is 3.17. The standard InChI is InChI=1S/C18H21N3O2/c1-12(2)17(22)20-13(3)14-4-6-16(7-5-14)21-18(23)15-8-10-19-11-9-15/h4-13H,1-3H3,(H,20,22)(H,21,23). The van der Waals surface area contributed by atoms with E-state index in [4.69, 9.17) is 0 Å². The van der Waals surface area contributed by atoms with Gasteiger partial charge in [-0.25, -0.2) is 0 Å². The first kappa shape index (κ1) is 16.7. The minimum absolute atomic E-state index is 0.0209. The lowest BCUT2D eigenvalue weighted by Crippen LogP contribution is -2.30. The van der Waals surface area contributed by atoms with Gasteiger partial charge in [0, 0.05) is 29.6 Å². The van der Waals surface area contributed by atoms with Gasteiger partial charge < -0.3 is 10.6 Å². The van der Waals surface area contributed by atoms with E-state index in [1.807, 2.05) is 45.0 Å². The molecular weight excluding hydrogens is 290 g/mol. The molecule has 0 saturated heterocycles. The van der Waals surface area contributed by atoms with E-state index in [0.29, 0.717) is 11.3 Å². The van der Waals surface area contributed by atoms with Crippen LogP contribution in [0.3, 0.4) is 0 Å². The fourth-order valence-electron chi connectivity index (χ4n) is 2.03. The molecule has 1 unspecified atom stereocenters. The zero-order valence-corrected chi connectivity index (χ0v) is 13.5. The molecule has 2 aromatic rings. The third-order valence-corrected chi connectivity index (χ3v) is 3.49. The summed E-state index contributed by atoms with van der Waals surface area (Å²) < 4.78 is 0. The van der Waals surface area contributed by atoms with E-state index in [0.717, 1.165) is 5.56 Å². The van der Waals surface area contributed by atoms with E-state index < -0.39 is 0 Å². The van der Waals surface area contributed by atoms with Crippen molar-refractivity contribution in [2.45, 2.75) is 26.8 Å². The number of rotatable bonds is 5. The summed E-state index contributed by atoms with van der Waals surface area (Å²) in [5, 5.41) is 5.78. The number of nitrogens with zero attached hydrogens (tertiary/aromatic N) is 1. The summed E-state index contributed by atoms with van der Waals surface area (Å²) in [6.45, 7) is 5.66. The molecule has 1 heterocycles. The molecule has 1 aromatic heterocycles. The summed E-state index contributed by atoms with van der Waals surface area (Å²) in [5.41, 5.74) is 2.25. The first-order chi connectivity index (χ1) is 11.0. The van der Waals surface area contributed by atoms with Gasteiger partial charge in [-0.05, 0) is 36.8 Å². The Labute approximate surface area is 136 Å². The van der Waals surface area contributed by atoms with Crippen LogP contribution in [0.1, 0.15) is 42.7 Å². The molecule has 120 valence electrons. The largest absolute Gasteiger partial charge is 0.349 e. The average molecular weight is 311 g/mol. The van der Waals surface area contributed by atoms with E-state index in [1.165, 1.54) is 0 Å². The number of hydrogen-bond donors (Lipinski definition) is 2. The monoisotopic (exact) mass is 311 g/mol. The first-order valence-electron chi connectivity index (χ1n) is 7.59. The number of benzene rings is 1. The molecule has 1 aromatic carbocycles. The maximum absolute atomic E-state index is 12.1. The average Bonchev–Trinajstić information content (AvgIpc) is 2.56. The van der Waals surface area contributed by atoms with Crippen molar-refractivity contribution in [3.63, 3.8) is 0 Å². The second-order valence-electron chi connectivity index (χ2n) is 5.70. The van der Waals surface area contributed by atoms with Gasteiger partial charge in [0.15, 0.2) is 0 Å². The van der Waals surface area contributed by atoms with Crippen LogP contribution >= 0.6 is 0 Å². The molecule has 0 fully saturated rings. The number of carbonyl (C=O) groups excluding carboxylic acids is 2. The Morgan fingerprint density at radius 2 is 1.57 bits per heavy atom. The van der Waals surface area contributed by atoms with E-state index >= 15 is 0 Å². The van der Waals surface area contributed by atoms with Gasteiger partial charge in [-0.15, -0.1) is 0 Å².